The van der Waals surface area contributed by atoms with E-state index in [9.17, 15) is 14.4 Å². The van der Waals surface area contributed by atoms with Crippen molar-refractivity contribution in [3.05, 3.63) is 97.4 Å². The fraction of sp³-hybridized carbons (Fsp3) is 0. The van der Waals surface area contributed by atoms with Crippen LogP contribution < -0.4 is 9.64 Å². The average molecular weight is 562 g/mol. The van der Waals surface area contributed by atoms with Crippen molar-refractivity contribution in [3.63, 3.8) is 0 Å². The summed E-state index contributed by atoms with van der Waals surface area (Å²) in [5.41, 5.74) is 1.56. The van der Waals surface area contributed by atoms with Gasteiger partial charge in [0.1, 0.15) is 5.75 Å². The van der Waals surface area contributed by atoms with E-state index in [-0.39, 0.29) is 10.1 Å². The van der Waals surface area contributed by atoms with Crippen molar-refractivity contribution in [3.8, 4) is 5.75 Å². The second-order valence-corrected chi connectivity index (χ2v) is 9.03. The molecule has 4 rings (SSSR count). The first kappa shape index (κ1) is 21.6. The molecule has 3 aromatic rings. The molecule has 5 nitrogen and oxygen atoms in total. The Labute approximate surface area is 201 Å². The van der Waals surface area contributed by atoms with E-state index in [1.54, 1.807) is 66.7 Å². The van der Waals surface area contributed by atoms with Crippen LogP contribution in [-0.2, 0) is 4.79 Å². The van der Waals surface area contributed by atoms with Crippen molar-refractivity contribution in [2.75, 3.05) is 4.90 Å². The number of rotatable bonds is 4. The topological polar surface area (TPSA) is 63.7 Å². The van der Waals surface area contributed by atoms with Gasteiger partial charge in [0.2, 0.25) is 0 Å². The van der Waals surface area contributed by atoms with E-state index in [0.29, 0.717) is 27.6 Å². The summed E-state index contributed by atoms with van der Waals surface area (Å²) in [5, 5.41) is 0.127. The summed E-state index contributed by atoms with van der Waals surface area (Å²) >= 11 is 8.81. The zero-order chi connectivity index (χ0) is 22.0. The van der Waals surface area contributed by atoms with Crippen LogP contribution in [0.1, 0.15) is 15.9 Å². The molecule has 154 valence electrons. The summed E-state index contributed by atoms with van der Waals surface area (Å²) in [4.78, 5) is 39.0. The largest absolute Gasteiger partial charge is 0.423 e. The Morgan fingerprint density at radius 2 is 1.74 bits per heavy atom. The lowest BCUT2D eigenvalue weighted by molar-refractivity contribution is -0.113. The van der Waals surface area contributed by atoms with Crippen LogP contribution in [0.5, 0.6) is 5.75 Å². The molecule has 8 heteroatoms. The van der Waals surface area contributed by atoms with Crippen LogP contribution in [-0.4, -0.2) is 17.1 Å². The van der Waals surface area contributed by atoms with Crippen molar-refractivity contribution in [2.45, 2.75) is 0 Å². The first-order valence-electron chi connectivity index (χ1n) is 9.03. The van der Waals surface area contributed by atoms with Gasteiger partial charge in [0.15, 0.2) is 0 Å². The van der Waals surface area contributed by atoms with Crippen molar-refractivity contribution in [1.29, 1.82) is 0 Å². The summed E-state index contributed by atoms with van der Waals surface area (Å²) in [6.07, 6.45) is 1.60. The van der Waals surface area contributed by atoms with E-state index in [1.807, 2.05) is 12.1 Å². The number of anilines is 1. The first-order chi connectivity index (χ1) is 14.9. The van der Waals surface area contributed by atoms with Gasteiger partial charge in [-0.15, -0.1) is 0 Å². The summed E-state index contributed by atoms with van der Waals surface area (Å²) in [7, 11) is 0. The fourth-order valence-corrected chi connectivity index (χ4v) is 4.46. The molecular weight excluding hydrogens is 549 g/mol. The van der Waals surface area contributed by atoms with Gasteiger partial charge in [-0.25, -0.2) is 9.69 Å². The number of thioether (sulfide) groups is 1. The molecule has 1 aliphatic heterocycles. The van der Waals surface area contributed by atoms with Crippen LogP contribution in [0.4, 0.5) is 10.5 Å². The number of ether oxygens (including phenoxy) is 1. The highest BCUT2D eigenvalue weighted by Crippen LogP contribution is 2.36. The maximum atomic E-state index is 12.8. The van der Waals surface area contributed by atoms with Crippen molar-refractivity contribution in [1.82, 2.24) is 0 Å². The molecule has 0 saturated carbocycles. The quantitative estimate of drug-likeness (QED) is 0.160. The zero-order valence-electron chi connectivity index (χ0n) is 15.7. The Balaban J connectivity index is 1.55. The average Bonchev–Trinajstić information content (AvgIpc) is 3.02. The molecule has 0 spiro atoms. The van der Waals surface area contributed by atoms with E-state index in [0.717, 1.165) is 20.2 Å². The van der Waals surface area contributed by atoms with Gasteiger partial charge in [0.25, 0.3) is 11.1 Å². The van der Waals surface area contributed by atoms with Gasteiger partial charge in [-0.1, -0.05) is 35.9 Å². The Hall–Kier alpha value is -2.62. The van der Waals surface area contributed by atoms with Crippen LogP contribution in [0.3, 0.4) is 0 Å². The molecule has 2 amide bonds. The number of amides is 2. The molecule has 0 radical (unpaired) electrons. The van der Waals surface area contributed by atoms with Gasteiger partial charge in [0.05, 0.1) is 16.2 Å². The van der Waals surface area contributed by atoms with Gasteiger partial charge >= 0.3 is 5.97 Å². The SMILES string of the molecule is O=C(Oc1cccc(/C=C2\SC(=O)N(c3ccc(Cl)cc3)C2=O)c1)c1ccccc1I. The van der Waals surface area contributed by atoms with E-state index in [4.69, 9.17) is 16.3 Å². The van der Waals surface area contributed by atoms with Crippen LogP contribution >= 0.6 is 46.0 Å². The van der Waals surface area contributed by atoms with Crippen LogP contribution in [0, 0.1) is 3.57 Å². The Bertz CT molecular complexity index is 1230. The van der Waals surface area contributed by atoms with Gasteiger partial charge in [0, 0.05) is 8.59 Å². The second-order valence-electron chi connectivity index (χ2n) is 6.44. The number of imide groups is 1. The molecule has 3 aromatic carbocycles. The van der Waals surface area contributed by atoms with E-state index in [1.165, 1.54) is 0 Å². The summed E-state index contributed by atoms with van der Waals surface area (Å²) < 4.78 is 6.27. The number of benzene rings is 3. The van der Waals surface area contributed by atoms with Crippen LogP contribution in [0.25, 0.3) is 6.08 Å². The van der Waals surface area contributed by atoms with Crippen molar-refractivity contribution in [2.24, 2.45) is 0 Å². The number of hydrogen-bond donors (Lipinski definition) is 0. The number of carbonyl (C=O) groups is 3. The Kier molecular flexibility index (Phi) is 6.45. The van der Waals surface area contributed by atoms with Gasteiger partial charge < -0.3 is 4.74 Å². The summed E-state index contributed by atoms with van der Waals surface area (Å²) in [5.74, 6) is -0.542. The van der Waals surface area contributed by atoms with Gasteiger partial charge in [-0.05, 0) is 94.5 Å². The summed E-state index contributed by atoms with van der Waals surface area (Å²) in [6, 6.07) is 20.4. The van der Waals surface area contributed by atoms with Gasteiger partial charge in [-0.2, -0.15) is 0 Å². The third kappa shape index (κ3) is 4.84. The predicted octanol–water partition coefficient (Wildman–Crippen LogP) is 6.40. The molecule has 0 aromatic heterocycles. The minimum Gasteiger partial charge on any atom is -0.423 e. The van der Waals surface area contributed by atoms with Crippen molar-refractivity contribution >= 4 is 74.8 Å². The molecule has 0 aliphatic carbocycles. The minimum absolute atomic E-state index is 0.279. The normalized spacial score (nSPS) is 14.9. The van der Waals surface area contributed by atoms with Crippen molar-refractivity contribution < 1.29 is 19.1 Å². The number of esters is 1. The molecule has 1 heterocycles. The van der Waals surface area contributed by atoms with E-state index >= 15 is 0 Å². The van der Waals surface area contributed by atoms with Crippen LogP contribution in [0.2, 0.25) is 5.02 Å². The first-order valence-corrected chi connectivity index (χ1v) is 11.3. The molecule has 1 saturated heterocycles. The highest BCUT2D eigenvalue weighted by atomic mass is 127. The molecule has 0 atom stereocenters. The number of nitrogens with zero attached hydrogens (tertiary/aromatic N) is 1. The van der Waals surface area contributed by atoms with Crippen LogP contribution in [0.15, 0.2) is 77.7 Å². The standard InChI is InChI=1S/C23H13ClINO4S/c24-15-8-10-16(11-9-15)26-21(27)20(31-23(26)29)13-14-4-3-5-17(12-14)30-22(28)18-6-1-2-7-19(18)25/h1-13H/b20-13-. The van der Waals surface area contributed by atoms with E-state index < -0.39 is 11.9 Å². The lowest BCUT2D eigenvalue weighted by Gasteiger charge is -2.12. The number of carbonyl (C=O) groups excluding carboxylic acids is 3. The highest BCUT2D eigenvalue weighted by molar-refractivity contribution is 14.1. The lowest BCUT2D eigenvalue weighted by atomic mass is 10.2. The smallest absolute Gasteiger partial charge is 0.344 e. The molecule has 1 aliphatic rings. The minimum atomic E-state index is -0.467. The molecule has 0 N–H and O–H groups in total. The third-order valence-electron chi connectivity index (χ3n) is 4.34. The lowest BCUT2D eigenvalue weighted by Crippen LogP contribution is -2.27. The molecular formula is C23H13ClINO4S. The summed E-state index contributed by atoms with van der Waals surface area (Å²) in [6.45, 7) is 0. The third-order valence-corrected chi connectivity index (χ3v) is 6.40. The fourth-order valence-electron chi connectivity index (χ4n) is 2.89. The molecule has 31 heavy (non-hydrogen) atoms. The molecule has 1 fully saturated rings. The highest BCUT2D eigenvalue weighted by Gasteiger charge is 2.36. The Morgan fingerprint density at radius 1 is 1.00 bits per heavy atom. The van der Waals surface area contributed by atoms with Gasteiger partial charge in [-0.3, -0.25) is 9.59 Å². The van der Waals surface area contributed by atoms with E-state index in [2.05, 4.69) is 22.6 Å². The molecule has 0 unspecified atom stereocenters. The number of hydrogen-bond acceptors (Lipinski definition) is 5. The second kappa shape index (κ2) is 9.25. The predicted molar refractivity (Wildman–Crippen MR) is 130 cm³/mol. The monoisotopic (exact) mass is 561 g/mol. The molecule has 0 bridgehead atoms. The maximum absolute atomic E-state index is 12.8. The Morgan fingerprint density at radius 3 is 2.48 bits per heavy atom. The maximum Gasteiger partial charge on any atom is 0.344 e. The number of halogens is 2. The zero-order valence-corrected chi connectivity index (χ0v) is 19.5.